The fourth-order valence-corrected chi connectivity index (χ4v) is 4.35. The third-order valence-corrected chi connectivity index (χ3v) is 6.02. The zero-order chi connectivity index (χ0) is 20.9. The van der Waals surface area contributed by atoms with E-state index in [1.807, 2.05) is 20.2 Å². The number of pyridine rings is 1. The van der Waals surface area contributed by atoms with E-state index in [9.17, 15) is 0 Å². The van der Waals surface area contributed by atoms with Crippen molar-refractivity contribution in [2.45, 2.75) is 29.3 Å². The molecular weight excluding hydrogens is 392 g/mol. The van der Waals surface area contributed by atoms with Crippen LogP contribution in [0.25, 0.3) is 11.3 Å². The van der Waals surface area contributed by atoms with E-state index in [-0.39, 0.29) is 0 Å². The topological polar surface area (TPSA) is 68.9 Å². The van der Waals surface area contributed by atoms with Crippen LogP contribution in [0.15, 0.2) is 58.8 Å². The first-order valence-electron chi connectivity index (χ1n) is 10.1. The Balaban J connectivity index is 1.74. The second kappa shape index (κ2) is 9.14. The number of nitriles is 1. The molecule has 7 heteroatoms. The molecule has 0 saturated carbocycles. The van der Waals surface area contributed by atoms with Gasteiger partial charge in [0.1, 0.15) is 28.1 Å². The number of nitrogens with zero attached hydrogens (tertiary/aromatic N) is 6. The lowest BCUT2D eigenvalue weighted by Crippen LogP contribution is -2.30. The molecule has 152 valence electrons. The molecule has 0 spiro atoms. The van der Waals surface area contributed by atoms with E-state index in [2.05, 4.69) is 56.2 Å². The Hall–Kier alpha value is -3.11. The quantitative estimate of drug-likeness (QED) is 0.562. The van der Waals surface area contributed by atoms with Crippen molar-refractivity contribution in [3.63, 3.8) is 0 Å². The average molecular weight is 417 g/mol. The molecule has 1 aliphatic rings. The summed E-state index contributed by atoms with van der Waals surface area (Å²) in [6.07, 6.45) is 5.14. The molecule has 0 unspecified atom stereocenters. The van der Waals surface area contributed by atoms with Crippen LogP contribution in [0.5, 0.6) is 0 Å². The largest absolute Gasteiger partial charge is 0.378 e. The van der Waals surface area contributed by atoms with Crippen LogP contribution >= 0.6 is 11.8 Å². The van der Waals surface area contributed by atoms with Crippen LogP contribution in [0.4, 0.5) is 11.4 Å². The standard InChI is InChI=1S/C23H24N6S/c1-28(2)19-8-6-7-17(13-19)23-20(29-11-4-3-5-12-29)9-10-21(27-23)30-22-14-18(15-24)25-16-26-22/h6-10,13-14,16H,3-5,11-12H2,1-2H3. The van der Waals surface area contributed by atoms with E-state index in [0.29, 0.717) is 10.7 Å². The van der Waals surface area contributed by atoms with Crippen molar-refractivity contribution >= 4 is 23.1 Å². The molecule has 30 heavy (non-hydrogen) atoms. The molecule has 3 heterocycles. The van der Waals surface area contributed by atoms with Crippen molar-refractivity contribution in [2.75, 3.05) is 37.0 Å². The second-order valence-corrected chi connectivity index (χ2v) is 8.51. The van der Waals surface area contributed by atoms with Gasteiger partial charge in [-0.1, -0.05) is 12.1 Å². The monoisotopic (exact) mass is 416 g/mol. The van der Waals surface area contributed by atoms with Gasteiger partial charge in [0.25, 0.3) is 0 Å². The summed E-state index contributed by atoms with van der Waals surface area (Å²) < 4.78 is 0. The van der Waals surface area contributed by atoms with Gasteiger partial charge in [-0.25, -0.2) is 15.0 Å². The summed E-state index contributed by atoms with van der Waals surface area (Å²) in [5.41, 5.74) is 4.77. The lowest BCUT2D eigenvalue weighted by atomic mass is 10.1. The Kier molecular flexibility index (Phi) is 6.15. The van der Waals surface area contributed by atoms with Crippen molar-refractivity contribution in [3.8, 4) is 17.3 Å². The van der Waals surface area contributed by atoms with E-state index < -0.39 is 0 Å². The summed E-state index contributed by atoms with van der Waals surface area (Å²) in [4.78, 5) is 17.8. The molecule has 0 atom stereocenters. The van der Waals surface area contributed by atoms with Gasteiger partial charge in [0, 0.05) is 44.5 Å². The minimum absolute atomic E-state index is 0.358. The highest BCUT2D eigenvalue weighted by atomic mass is 32.2. The van der Waals surface area contributed by atoms with Crippen molar-refractivity contribution < 1.29 is 0 Å². The van der Waals surface area contributed by atoms with Crippen molar-refractivity contribution in [1.29, 1.82) is 5.26 Å². The Labute approximate surface area is 181 Å². The van der Waals surface area contributed by atoms with Crippen LogP contribution in [0.1, 0.15) is 25.0 Å². The number of hydrogen-bond donors (Lipinski definition) is 0. The molecular formula is C23H24N6S. The third kappa shape index (κ3) is 4.55. The van der Waals surface area contributed by atoms with Gasteiger partial charge in [0.05, 0.1) is 11.4 Å². The maximum Gasteiger partial charge on any atom is 0.145 e. The van der Waals surface area contributed by atoms with E-state index in [1.165, 1.54) is 43.0 Å². The van der Waals surface area contributed by atoms with E-state index >= 15 is 0 Å². The number of rotatable bonds is 5. The Morgan fingerprint density at radius 3 is 2.60 bits per heavy atom. The van der Waals surface area contributed by atoms with Gasteiger partial charge in [0.2, 0.25) is 0 Å². The molecule has 1 aromatic carbocycles. The van der Waals surface area contributed by atoms with Gasteiger partial charge >= 0.3 is 0 Å². The fourth-order valence-electron chi connectivity index (χ4n) is 3.59. The number of piperidine rings is 1. The summed E-state index contributed by atoms with van der Waals surface area (Å²) >= 11 is 1.45. The minimum atomic E-state index is 0.358. The fraction of sp³-hybridized carbons (Fsp3) is 0.304. The first kappa shape index (κ1) is 20.2. The number of hydrogen-bond acceptors (Lipinski definition) is 7. The molecule has 0 aliphatic carbocycles. The van der Waals surface area contributed by atoms with Crippen LogP contribution in [-0.2, 0) is 0 Å². The Morgan fingerprint density at radius 2 is 1.83 bits per heavy atom. The van der Waals surface area contributed by atoms with Crippen LogP contribution in [0, 0.1) is 11.3 Å². The Morgan fingerprint density at radius 1 is 1.00 bits per heavy atom. The molecule has 0 bridgehead atoms. The van der Waals surface area contributed by atoms with Gasteiger partial charge in [-0.2, -0.15) is 5.26 Å². The van der Waals surface area contributed by atoms with Crippen LogP contribution in [0.3, 0.4) is 0 Å². The number of benzene rings is 1. The predicted octanol–water partition coefficient (Wildman–Crippen LogP) is 4.62. The first-order valence-corrected chi connectivity index (χ1v) is 10.9. The molecule has 1 saturated heterocycles. The summed E-state index contributed by atoms with van der Waals surface area (Å²) in [5, 5.41) is 10.7. The average Bonchev–Trinajstić information content (AvgIpc) is 2.80. The minimum Gasteiger partial charge on any atom is -0.378 e. The van der Waals surface area contributed by atoms with Gasteiger partial charge in [-0.15, -0.1) is 0 Å². The zero-order valence-corrected chi connectivity index (χ0v) is 18.1. The SMILES string of the molecule is CN(C)c1cccc(-c2nc(Sc3cc(C#N)ncn3)ccc2N2CCCCC2)c1. The molecule has 6 nitrogen and oxygen atoms in total. The molecule has 0 radical (unpaired) electrons. The van der Waals surface area contributed by atoms with Crippen LogP contribution in [-0.4, -0.2) is 42.1 Å². The van der Waals surface area contributed by atoms with Gasteiger partial charge in [-0.3, -0.25) is 0 Å². The van der Waals surface area contributed by atoms with Crippen molar-refractivity contribution in [1.82, 2.24) is 15.0 Å². The first-order chi connectivity index (χ1) is 14.6. The maximum atomic E-state index is 9.10. The number of aromatic nitrogens is 3. The molecule has 4 rings (SSSR count). The summed E-state index contributed by atoms with van der Waals surface area (Å²) in [6, 6.07) is 16.5. The molecule has 1 aliphatic heterocycles. The molecule has 0 amide bonds. The lowest BCUT2D eigenvalue weighted by molar-refractivity contribution is 0.577. The lowest BCUT2D eigenvalue weighted by Gasteiger charge is -2.30. The van der Waals surface area contributed by atoms with Crippen molar-refractivity contribution in [3.05, 3.63) is 54.5 Å². The molecule has 1 fully saturated rings. The smallest absolute Gasteiger partial charge is 0.145 e. The van der Waals surface area contributed by atoms with Gasteiger partial charge < -0.3 is 9.80 Å². The van der Waals surface area contributed by atoms with Crippen LogP contribution in [0.2, 0.25) is 0 Å². The van der Waals surface area contributed by atoms with Gasteiger partial charge in [0.15, 0.2) is 0 Å². The van der Waals surface area contributed by atoms with Gasteiger partial charge in [-0.05, 0) is 55.3 Å². The number of anilines is 2. The zero-order valence-electron chi connectivity index (χ0n) is 17.2. The molecule has 2 aromatic heterocycles. The summed E-state index contributed by atoms with van der Waals surface area (Å²) in [5.74, 6) is 0. The van der Waals surface area contributed by atoms with E-state index in [4.69, 9.17) is 10.2 Å². The highest BCUT2D eigenvalue weighted by Crippen LogP contribution is 2.36. The van der Waals surface area contributed by atoms with Crippen LogP contribution < -0.4 is 9.80 Å². The highest BCUT2D eigenvalue weighted by Gasteiger charge is 2.18. The van der Waals surface area contributed by atoms with Crippen molar-refractivity contribution in [2.24, 2.45) is 0 Å². The van der Waals surface area contributed by atoms with E-state index in [1.54, 1.807) is 6.07 Å². The predicted molar refractivity (Wildman–Crippen MR) is 121 cm³/mol. The van der Waals surface area contributed by atoms with E-state index in [0.717, 1.165) is 35.1 Å². The normalized spacial score (nSPS) is 13.7. The Bertz CT molecular complexity index is 1070. The maximum absolute atomic E-state index is 9.10. The second-order valence-electron chi connectivity index (χ2n) is 7.47. The summed E-state index contributed by atoms with van der Waals surface area (Å²) in [6.45, 7) is 2.12. The molecule has 3 aromatic rings. The molecule has 0 N–H and O–H groups in total. The third-order valence-electron chi connectivity index (χ3n) is 5.15. The summed E-state index contributed by atoms with van der Waals surface area (Å²) in [7, 11) is 4.10. The highest BCUT2D eigenvalue weighted by molar-refractivity contribution is 7.99.